The number of guanidine groups is 1. The van der Waals surface area contributed by atoms with Crippen LogP contribution in [0, 0.1) is 5.82 Å². The molecular weight excluding hydrogens is 364 g/mol. The molecule has 0 atom stereocenters. The number of hydrogen-bond donors (Lipinski definition) is 3. The van der Waals surface area contributed by atoms with E-state index >= 15 is 0 Å². The Hall–Kier alpha value is -2.31. The molecule has 0 saturated carbocycles. The predicted molar refractivity (Wildman–Crippen MR) is 101 cm³/mol. The molecule has 1 aliphatic heterocycles. The highest BCUT2D eigenvalue weighted by atomic mass is 35.5. The molecule has 0 spiro atoms. The Morgan fingerprint density at radius 1 is 1.24 bits per heavy atom. The molecule has 130 valence electrons. The van der Waals surface area contributed by atoms with E-state index in [9.17, 15) is 4.39 Å². The number of amidine groups is 1. The molecule has 0 radical (unpaired) electrons. The third-order valence-electron chi connectivity index (χ3n) is 3.60. The van der Waals surface area contributed by atoms with E-state index in [1.807, 2.05) is 0 Å². The minimum absolute atomic E-state index is 0.288. The van der Waals surface area contributed by atoms with Crippen LogP contribution in [0.2, 0.25) is 10.0 Å². The van der Waals surface area contributed by atoms with Gasteiger partial charge in [0.25, 0.3) is 0 Å². The van der Waals surface area contributed by atoms with Gasteiger partial charge >= 0.3 is 0 Å². The monoisotopic (exact) mass is 379 g/mol. The second kappa shape index (κ2) is 7.72. The van der Waals surface area contributed by atoms with E-state index < -0.39 is 0 Å². The number of nitrogens with one attached hydrogen (secondary N) is 2. The van der Waals surface area contributed by atoms with Crippen molar-refractivity contribution in [1.82, 2.24) is 5.32 Å². The van der Waals surface area contributed by atoms with Crippen LogP contribution >= 0.6 is 23.2 Å². The SMILES string of the molecule is NC(=NCc1ccc(F)cc1)c1cc(Cl)c(NC2=NCCN2)c(Cl)c1. The van der Waals surface area contributed by atoms with Crippen LogP contribution < -0.4 is 16.4 Å². The molecule has 0 fully saturated rings. The summed E-state index contributed by atoms with van der Waals surface area (Å²) in [5.74, 6) is 0.647. The molecule has 0 unspecified atom stereocenters. The standard InChI is InChI=1S/C17H16Cl2FN5/c18-13-7-11(8-14(19)15(13)25-17-22-5-6-23-17)16(21)24-9-10-1-3-12(20)4-2-10/h1-4,7-8H,5-6,9H2,(H2,21,24)(H2,22,23,25). The van der Waals surface area contributed by atoms with Crippen molar-refractivity contribution in [2.24, 2.45) is 15.7 Å². The minimum Gasteiger partial charge on any atom is -0.383 e. The molecule has 2 aromatic carbocycles. The number of hydrogen-bond acceptors (Lipinski definition) is 4. The van der Waals surface area contributed by atoms with Gasteiger partial charge in [-0.3, -0.25) is 9.98 Å². The zero-order valence-corrected chi connectivity index (χ0v) is 14.7. The third kappa shape index (κ3) is 4.41. The van der Waals surface area contributed by atoms with Gasteiger partial charge in [0.05, 0.1) is 28.8 Å². The summed E-state index contributed by atoms with van der Waals surface area (Å²) in [5.41, 5.74) is 8.05. The average Bonchev–Trinajstić information content (AvgIpc) is 3.10. The molecule has 0 bridgehead atoms. The van der Waals surface area contributed by atoms with Gasteiger partial charge in [-0.2, -0.15) is 0 Å². The van der Waals surface area contributed by atoms with Crippen molar-refractivity contribution in [3.63, 3.8) is 0 Å². The Balaban J connectivity index is 1.77. The molecule has 5 nitrogen and oxygen atoms in total. The highest BCUT2D eigenvalue weighted by molar-refractivity contribution is 6.40. The molecule has 3 rings (SSSR count). The maximum absolute atomic E-state index is 12.9. The summed E-state index contributed by atoms with van der Waals surface area (Å²) in [6, 6.07) is 9.47. The molecule has 0 aliphatic carbocycles. The van der Waals surface area contributed by atoms with E-state index in [1.54, 1.807) is 24.3 Å². The fraction of sp³-hybridized carbons (Fsp3) is 0.176. The van der Waals surface area contributed by atoms with Gasteiger partial charge in [-0.25, -0.2) is 4.39 Å². The van der Waals surface area contributed by atoms with E-state index in [0.29, 0.717) is 46.2 Å². The maximum atomic E-state index is 12.9. The van der Waals surface area contributed by atoms with Crippen LogP contribution in [0.15, 0.2) is 46.4 Å². The molecule has 1 aliphatic rings. The van der Waals surface area contributed by atoms with Crippen molar-refractivity contribution < 1.29 is 4.39 Å². The van der Waals surface area contributed by atoms with Crippen molar-refractivity contribution in [3.05, 3.63) is 63.4 Å². The van der Waals surface area contributed by atoms with Gasteiger partial charge in [0, 0.05) is 12.1 Å². The van der Waals surface area contributed by atoms with Crippen LogP contribution in [0.25, 0.3) is 0 Å². The van der Waals surface area contributed by atoms with Crippen molar-refractivity contribution in [2.45, 2.75) is 6.54 Å². The summed E-state index contributed by atoms with van der Waals surface area (Å²) in [5, 5.41) is 6.98. The van der Waals surface area contributed by atoms with Gasteiger partial charge in [-0.1, -0.05) is 35.3 Å². The summed E-state index contributed by atoms with van der Waals surface area (Å²) in [6.07, 6.45) is 0. The summed E-state index contributed by atoms with van der Waals surface area (Å²) in [6.45, 7) is 1.82. The number of anilines is 1. The third-order valence-corrected chi connectivity index (χ3v) is 4.20. The Kier molecular flexibility index (Phi) is 5.40. The van der Waals surface area contributed by atoms with Crippen LogP contribution in [-0.4, -0.2) is 24.9 Å². The smallest absolute Gasteiger partial charge is 0.196 e. The highest BCUT2D eigenvalue weighted by Crippen LogP contribution is 2.32. The van der Waals surface area contributed by atoms with E-state index in [0.717, 1.165) is 12.1 Å². The summed E-state index contributed by atoms with van der Waals surface area (Å²) in [7, 11) is 0. The second-order valence-corrected chi connectivity index (χ2v) is 6.24. The van der Waals surface area contributed by atoms with Crippen molar-refractivity contribution >= 4 is 40.7 Å². The number of halogens is 3. The van der Waals surface area contributed by atoms with Gasteiger partial charge in [-0.05, 0) is 29.8 Å². The lowest BCUT2D eigenvalue weighted by Crippen LogP contribution is -2.26. The fourth-order valence-electron chi connectivity index (χ4n) is 2.30. The molecular formula is C17H16Cl2FN5. The molecule has 0 saturated heterocycles. The maximum Gasteiger partial charge on any atom is 0.196 e. The summed E-state index contributed by atoms with van der Waals surface area (Å²) < 4.78 is 12.9. The first-order chi connectivity index (χ1) is 12.0. The lowest BCUT2D eigenvalue weighted by molar-refractivity contribution is 0.627. The Morgan fingerprint density at radius 3 is 2.52 bits per heavy atom. The fourth-order valence-corrected chi connectivity index (χ4v) is 2.88. The number of nitrogens with zero attached hydrogens (tertiary/aromatic N) is 2. The Morgan fingerprint density at radius 2 is 1.92 bits per heavy atom. The molecule has 2 aromatic rings. The van der Waals surface area contributed by atoms with Gasteiger partial charge in [0.1, 0.15) is 11.7 Å². The van der Waals surface area contributed by atoms with E-state index in [4.69, 9.17) is 28.9 Å². The first-order valence-corrected chi connectivity index (χ1v) is 8.37. The van der Waals surface area contributed by atoms with Gasteiger partial charge in [0.15, 0.2) is 5.96 Å². The molecule has 0 amide bonds. The van der Waals surface area contributed by atoms with Gasteiger partial charge in [0.2, 0.25) is 0 Å². The van der Waals surface area contributed by atoms with Crippen LogP contribution in [0.4, 0.5) is 10.1 Å². The number of nitrogens with two attached hydrogens (primary N) is 1. The van der Waals surface area contributed by atoms with Crippen molar-refractivity contribution in [3.8, 4) is 0 Å². The van der Waals surface area contributed by atoms with Gasteiger partial charge in [-0.15, -0.1) is 0 Å². The van der Waals surface area contributed by atoms with E-state index in [-0.39, 0.29) is 5.82 Å². The minimum atomic E-state index is -0.288. The Bertz CT molecular complexity index is 810. The lowest BCUT2D eigenvalue weighted by atomic mass is 10.1. The van der Waals surface area contributed by atoms with Crippen LogP contribution in [-0.2, 0) is 6.54 Å². The lowest BCUT2D eigenvalue weighted by Gasteiger charge is -2.12. The topological polar surface area (TPSA) is 74.8 Å². The normalized spacial score (nSPS) is 14.2. The van der Waals surface area contributed by atoms with E-state index in [2.05, 4.69) is 20.6 Å². The largest absolute Gasteiger partial charge is 0.383 e. The summed E-state index contributed by atoms with van der Waals surface area (Å²) >= 11 is 12.6. The molecule has 8 heteroatoms. The van der Waals surface area contributed by atoms with Gasteiger partial charge < -0.3 is 16.4 Å². The quantitative estimate of drug-likeness (QED) is 0.562. The number of aliphatic imine (C=N–C) groups is 2. The summed E-state index contributed by atoms with van der Waals surface area (Å²) in [4.78, 5) is 8.55. The van der Waals surface area contributed by atoms with Crippen molar-refractivity contribution in [1.29, 1.82) is 0 Å². The predicted octanol–water partition coefficient (Wildman–Crippen LogP) is 3.41. The molecule has 4 N–H and O–H groups in total. The first kappa shape index (κ1) is 17.5. The Labute approximate surface area is 154 Å². The van der Waals surface area contributed by atoms with E-state index in [1.165, 1.54) is 12.1 Å². The second-order valence-electron chi connectivity index (χ2n) is 5.42. The van der Waals surface area contributed by atoms with Crippen LogP contribution in [0.1, 0.15) is 11.1 Å². The molecule has 0 aromatic heterocycles. The zero-order valence-electron chi connectivity index (χ0n) is 13.2. The zero-order chi connectivity index (χ0) is 17.8. The average molecular weight is 380 g/mol. The van der Waals surface area contributed by atoms with Crippen molar-refractivity contribution in [2.75, 3.05) is 18.4 Å². The molecule has 25 heavy (non-hydrogen) atoms. The first-order valence-electron chi connectivity index (χ1n) is 7.62. The number of rotatable bonds is 4. The number of benzene rings is 2. The molecule has 1 heterocycles. The highest BCUT2D eigenvalue weighted by Gasteiger charge is 2.13. The van der Waals surface area contributed by atoms with Crippen LogP contribution in [0.3, 0.4) is 0 Å². The van der Waals surface area contributed by atoms with Crippen LogP contribution in [0.5, 0.6) is 0 Å².